The van der Waals surface area contributed by atoms with E-state index in [1.807, 2.05) is 5.48 Å². The second-order valence-electron chi connectivity index (χ2n) is 3.18. The van der Waals surface area contributed by atoms with Crippen molar-refractivity contribution in [1.82, 2.24) is 5.48 Å². The van der Waals surface area contributed by atoms with Gasteiger partial charge < -0.3 is 14.6 Å². The van der Waals surface area contributed by atoms with Gasteiger partial charge in [0.1, 0.15) is 11.5 Å². The van der Waals surface area contributed by atoms with E-state index >= 15 is 0 Å². The molecule has 0 atom stereocenters. The Hall–Kier alpha value is -2.28. The molecule has 1 amide bonds. The lowest BCUT2D eigenvalue weighted by atomic mass is 10.2. The summed E-state index contributed by atoms with van der Waals surface area (Å²) in [6, 6.07) is 4.65. The molecule has 0 saturated carbocycles. The number of hydroxylamine groups is 1. The number of aliphatic carboxylic acids is 1. The number of ether oxygens (including phenoxy) is 2. The largest absolute Gasteiger partial charge is 0.497 e. The monoisotopic (exact) mass is 255 g/mol. The molecule has 98 valence electrons. The Morgan fingerprint density at radius 2 is 2.00 bits per heavy atom. The van der Waals surface area contributed by atoms with E-state index in [2.05, 4.69) is 4.84 Å². The van der Waals surface area contributed by atoms with Gasteiger partial charge in [-0.05, 0) is 18.2 Å². The summed E-state index contributed by atoms with van der Waals surface area (Å²) in [5.74, 6) is -1.01. The van der Waals surface area contributed by atoms with Gasteiger partial charge in [0.05, 0.1) is 19.8 Å². The number of hydrogen-bond acceptors (Lipinski definition) is 5. The molecule has 7 nitrogen and oxygen atoms in total. The van der Waals surface area contributed by atoms with E-state index in [0.717, 1.165) is 0 Å². The summed E-state index contributed by atoms with van der Waals surface area (Å²) in [5.41, 5.74) is 2.18. The number of methoxy groups -OCH3 is 2. The number of benzene rings is 1. The van der Waals surface area contributed by atoms with Crippen molar-refractivity contribution >= 4 is 11.9 Å². The van der Waals surface area contributed by atoms with E-state index < -0.39 is 18.5 Å². The Balaban J connectivity index is 2.79. The number of carbonyl (C=O) groups excluding carboxylic acids is 1. The molecule has 0 aliphatic rings. The van der Waals surface area contributed by atoms with Gasteiger partial charge in [-0.15, -0.1) is 0 Å². The van der Waals surface area contributed by atoms with Crippen LogP contribution in [0.5, 0.6) is 11.5 Å². The maximum atomic E-state index is 11.7. The summed E-state index contributed by atoms with van der Waals surface area (Å²) >= 11 is 0. The van der Waals surface area contributed by atoms with Crippen LogP contribution in [0.25, 0.3) is 0 Å². The van der Waals surface area contributed by atoms with Gasteiger partial charge in [0.15, 0.2) is 6.61 Å². The summed E-state index contributed by atoms with van der Waals surface area (Å²) in [4.78, 5) is 26.4. The summed E-state index contributed by atoms with van der Waals surface area (Å²) in [6.45, 7) is -0.627. The number of carboxylic acid groups (broad SMARTS) is 1. The number of amides is 1. The molecule has 0 aliphatic heterocycles. The fourth-order valence-corrected chi connectivity index (χ4v) is 1.21. The molecule has 0 unspecified atom stereocenters. The lowest BCUT2D eigenvalue weighted by molar-refractivity contribution is -0.144. The summed E-state index contributed by atoms with van der Waals surface area (Å²) in [5, 5.41) is 8.36. The van der Waals surface area contributed by atoms with Gasteiger partial charge in [-0.3, -0.25) is 9.63 Å². The third-order valence-electron chi connectivity index (χ3n) is 2.01. The number of carbonyl (C=O) groups is 2. The Kier molecular flexibility index (Phi) is 4.94. The molecule has 0 aromatic heterocycles. The predicted octanol–water partition coefficient (Wildman–Crippen LogP) is 0.450. The van der Waals surface area contributed by atoms with E-state index in [4.69, 9.17) is 14.6 Å². The lowest BCUT2D eigenvalue weighted by Gasteiger charge is -2.10. The van der Waals surface area contributed by atoms with Crippen LogP contribution in [0.4, 0.5) is 0 Å². The third kappa shape index (κ3) is 3.63. The minimum absolute atomic E-state index is 0.183. The van der Waals surface area contributed by atoms with E-state index in [0.29, 0.717) is 11.5 Å². The van der Waals surface area contributed by atoms with E-state index in [1.54, 1.807) is 12.1 Å². The smallest absolute Gasteiger partial charge is 0.332 e. The van der Waals surface area contributed by atoms with Crippen molar-refractivity contribution in [3.63, 3.8) is 0 Å². The van der Waals surface area contributed by atoms with Crippen molar-refractivity contribution < 1.29 is 29.0 Å². The molecule has 0 saturated heterocycles. The maximum Gasteiger partial charge on any atom is 0.332 e. The van der Waals surface area contributed by atoms with Crippen molar-refractivity contribution in [2.75, 3.05) is 20.8 Å². The fourth-order valence-electron chi connectivity index (χ4n) is 1.21. The molecule has 1 rings (SSSR count). The maximum absolute atomic E-state index is 11.7. The molecule has 2 N–H and O–H groups in total. The van der Waals surface area contributed by atoms with Gasteiger partial charge in [0.2, 0.25) is 0 Å². The van der Waals surface area contributed by atoms with Crippen LogP contribution in [0.3, 0.4) is 0 Å². The summed E-state index contributed by atoms with van der Waals surface area (Å²) < 4.78 is 9.98. The molecule has 0 spiro atoms. The number of carboxylic acids is 1. The van der Waals surface area contributed by atoms with Gasteiger partial charge in [-0.1, -0.05) is 0 Å². The zero-order valence-corrected chi connectivity index (χ0v) is 9.93. The third-order valence-corrected chi connectivity index (χ3v) is 2.01. The molecule has 0 fully saturated rings. The molecule has 0 radical (unpaired) electrons. The zero-order chi connectivity index (χ0) is 13.5. The first-order valence-corrected chi connectivity index (χ1v) is 4.94. The van der Waals surface area contributed by atoms with E-state index in [1.165, 1.54) is 20.3 Å². The first kappa shape index (κ1) is 13.8. The van der Waals surface area contributed by atoms with Crippen LogP contribution in [0.2, 0.25) is 0 Å². The van der Waals surface area contributed by atoms with Crippen molar-refractivity contribution in [2.45, 2.75) is 0 Å². The zero-order valence-electron chi connectivity index (χ0n) is 9.93. The quantitative estimate of drug-likeness (QED) is 0.717. The molecule has 0 bridgehead atoms. The van der Waals surface area contributed by atoms with Crippen LogP contribution in [0, 0.1) is 0 Å². The van der Waals surface area contributed by atoms with Crippen LogP contribution in [0.15, 0.2) is 18.2 Å². The van der Waals surface area contributed by atoms with E-state index in [-0.39, 0.29) is 5.56 Å². The molecule has 0 heterocycles. The van der Waals surface area contributed by atoms with Crippen molar-refractivity contribution in [2.24, 2.45) is 0 Å². The Morgan fingerprint density at radius 3 is 2.56 bits per heavy atom. The molecule has 1 aromatic carbocycles. The SMILES string of the molecule is COc1ccc(OC)c(C(=O)NOCC(=O)O)c1. The average Bonchev–Trinajstić information content (AvgIpc) is 2.37. The highest BCUT2D eigenvalue weighted by Crippen LogP contribution is 2.23. The normalized spacial score (nSPS) is 9.67. The fraction of sp³-hybridized carbons (Fsp3) is 0.273. The van der Waals surface area contributed by atoms with Crippen LogP contribution in [-0.4, -0.2) is 37.8 Å². The number of nitrogens with one attached hydrogen (secondary N) is 1. The second-order valence-corrected chi connectivity index (χ2v) is 3.18. The minimum Gasteiger partial charge on any atom is -0.497 e. The molecule has 7 heteroatoms. The first-order valence-electron chi connectivity index (χ1n) is 4.94. The van der Waals surface area contributed by atoms with Crippen LogP contribution in [-0.2, 0) is 9.63 Å². The standard InChI is InChI=1S/C11H13NO6/c1-16-7-3-4-9(17-2)8(5-7)11(15)12-18-6-10(13)14/h3-5H,6H2,1-2H3,(H,12,15)(H,13,14). The van der Waals surface area contributed by atoms with Crippen LogP contribution in [0.1, 0.15) is 10.4 Å². The molecule has 1 aromatic rings. The minimum atomic E-state index is -1.19. The van der Waals surface area contributed by atoms with Crippen molar-refractivity contribution in [3.8, 4) is 11.5 Å². The summed E-state index contributed by atoms with van der Waals surface area (Å²) in [6.07, 6.45) is 0. The van der Waals surface area contributed by atoms with E-state index in [9.17, 15) is 9.59 Å². The molecule has 0 aliphatic carbocycles. The molecular weight excluding hydrogens is 242 g/mol. The predicted molar refractivity (Wildman–Crippen MR) is 60.6 cm³/mol. The van der Waals surface area contributed by atoms with Crippen molar-refractivity contribution in [3.05, 3.63) is 23.8 Å². The highest BCUT2D eigenvalue weighted by molar-refractivity contribution is 5.96. The topological polar surface area (TPSA) is 94.1 Å². The van der Waals surface area contributed by atoms with Crippen LogP contribution < -0.4 is 15.0 Å². The molecule has 18 heavy (non-hydrogen) atoms. The average molecular weight is 255 g/mol. The Labute approximate surface area is 103 Å². The summed E-state index contributed by atoms with van der Waals surface area (Å²) in [7, 11) is 2.88. The Bertz CT molecular complexity index is 445. The highest BCUT2D eigenvalue weighted by atomic mass is 16.7. The van der Waals surface area contributed by atoms with Crippen molar-refractivity contribution in [1.29, 1.82) is 0 Å². The number of hydrogen-bond donors (Lipinski definition) is 2. The second kappa shape index (κ2) is 6.45. The Morgan fingerprint density at radius 1 is 1.28 bits per heavy atom. The van der Waals surface area contributed by atoms with Gasteiger partial charge in [-0.25, -0.2) is 10.3 Å². The van der Waals surface area contributed by atoms with Gasteiger partial charge in [-0.2, -0.15) is 0 Å². The van der Waals surface area contributed by atoms with Gasteiger partial charge >= 0.3 is 5.97 Å². The number of rotatable bonds is 6. The van der Waals surface area contributed by atoms with Gasteiger partial charge in [0.25, 0.3) is 5.91 Å². The van der Waals surface area contributed by atoms with Crippen LogP contribution >= 0.6 is 0 Å². The first-order chi connectivity index (χ1) is 8.58. The lowest BCUT2D eigenvalue weighted by Crippen LogP contribution is -2.27. The molecular formula is C11H13NO6. The van der Waals surface area contributed by atoms with Gasteiger partial charge in [0, 0.05) is 0 Å². The highest BCUT2D eigenvalue weighted by Gasteiger charge is 2.14.